The molecule has 1 aliphatic carbocycles. The highest BCUT2D eigenvalue weighted by molar-refractivity contribution is 5.25. The van der Waals surface area contributed by atoms with Crippen LogP contribution < -0.4 is 11.1 Å². The Morgan fingerprint density at radius 2 is 1.83 bits per heavy atom. The summed E-state index contributed by atoms with van der Waals surface area (Å²) in [5, 5.41) is 3.38. The van der Waals surface area contributed by atoms with E-state index < -0.39 is 0 Å². The van der Waals surface area contributed by atoms with E-state index in [4.69, 9.17) is 5.73 Å². The van der Waals surface area contributed by atoms with Gasteiger partial charge in [-0.3, -0.25) is 0 Å². The van der Waals surface area contributed by atoms with E-state index in [1.54, 1.807) is 0 Å². The zero-order valence-electron chi connectivity index (χ0n) is 11.5. The van der Waals surface area contributed by atoms with Gasteiger partial charge in [-0.15, -0.1) is 0 Å². The van der Waals surface area contributed by atoms with Crippen molar-refractivity contribution in [3.8, 4) is 0 Å². The molecule has 0 radical (unpaired) electrons. The first kappa shape index (κ1) is 13.6. The van der Waals surface area contributed by atoms with Crippen molar-refractivity contribution < 1.29 is 0 Å². The maximum atomic E-state index is 5.72. The topological polar surface area (TPSA) is 38.0 Å². The van der Waals surface area contributed by atoms with E-state index in [0.29, 0.717) is 0 Å². The fraction of sp³-hybridized carbons (Fsp3) is 0.625. The summed E-state index contributed by atoms with van der Waals surface area (Å²) < 4.78 is 0. The maximum Gasteiger partial charge on any atom is 0.0206 e. The minimum atomic E-state index is 0.228. The van der Waals surface area contributed by atoms with Crippen molar-refractivity contribution in [3.63, 3.8) is 0 Å². The molecule has 0 heterocycles. The first-order valence-corrected chi connectivity index (χ1v) is 7.31. The summed E-state index contributed by atoms with van der Waals surface area (Å²) >= 11 is 0. The largest absolute Gasteiger partial charge is 0.327 e. The highest BCUT2D eigenvalue weighted by atomic mass is 14.9. The Balaban J connectivity index is 1.84. The molecule has 1 unspecified atom stereocenters. The Kier molecular flexibility index (Phi) is 5.21. The molecule has 100 valence electrons. The molecule has 1 saturated carbocycles. The minimum Gasteiger partial charge on any atom is -0.327 e. The third-order valence-corrected chi connectivity index (χ3v) is 3.85. The standard InChI is InChI=1S/C16H26N2/c1-13(17)11-18-12-14-7-9-16(10-8-14)15-5-3-2-4-6-15/h7-10,13,15,18H,2-6,11-12,17H2,1H3. The average Bonchev–Trinajstić information content (AvgIpc) is 2.40. The number of nitrogens with one attached hydrogen (secondary N) is 1. The Bertz CT molecular complexity index is 337. The van der Waals surface area contributed by atoms with Crippen molar-refractivity contribution in [3.05, 3.63) is 35.4 Å². The molecule has 0 amide bonds. The van der Waals surface area contributed by atoms with Gasteiger partial charge in [0.25, 0.3) is 0 Å². The predicted octanol–water partition coefficient (Wildman–Crippen LogP) is 3.17. The van der Waals surface area contributed by atoms with E-state index in [-0.39, 0.29) is 6.04 Å². The number of benzene rings is 1. The highest BCUT2D eigenvalue weighted by Gasteiger charge is 2.14. The second-order valence-electron chi connectivity index (χ2n) is 5.68. The monoisotopic (exact) mass is 246 g/mol. The molecule has 2 rings (SSSR count). The second kappa shape index (κ2) is 6.91. The summed E-state index contributed by atoms with van der Waals surface area (Å²) in [6, 6.07) is 9.39. The van der Waals surface area contributed by atoms with Gasteiger partial charge in [0, 0.05) is 19.1 Å². The Morgan fingerprint density at radius 3 is 2.44 bits per heavy atom. The van der Waals surface area contributed by atoms with Gasteiger partial charge in [0.2, 0.25) is 0 Å². The summed E-state index contributed by atoms with van der Waals surface area (Å²) in [5.74, 6) is 0.810. The lowest BCUT2D eigenvalue weighted by Crippen LogP contribution is -2.30. The highest BCUT2D eigenvalue weighted by Crippen LogP contribution is 2.32. The van der Waals surface area contributed by atoms with Gasteiger partial charge in [0.1, 0.15) is 0 Å². The van der Waals surface area contributed by atoms with Crippen LogP contribution in [0.4, 0.5) is 0 Å². The molecule has 3 N–H and O–H groups in total. The molecule has 0 aromatic heterocycles. The molecule has 0 saturated heterocycles. The van der Waals surface area contributed by atoms with Gasteiger partial charge < -0.3 is 11.1 Å². The number of nitrogens with two attached hydrogens (primary N) is 1. The Morgan fingerprint density at radius 1 is 1.17 bits per heavy atom. The molecule has 2 nitrogen and oxygen atoms in total. The smallest absolute Gasteiger partial charge is 0.0206 e. The van der Waals surface area contributed by atoms with Crippen molar-refractivity contribution in [2.75, 3.05) is 6.54 Å². The molecule has 0 spiro atoms. The first-order valence-electron chi connectivity index (χ1n) is 7.31. The van der Waals surface area contributed by atoms with Crippen molar-refractivity contribution in [2.45, 2.75) is 57.5 Å². The number of hydrogen-bond acceptors (Lipinski definition) is 2. The normalized spacial score (nSPS) is 18.8. The fourth-order valence-electron chi connectivity index (χ4n) is 2.79. The molecule has 1 atom stereocenters. The van der Waals surface area contributed by atoms with E-state index in [1.807, 2.05) is 6.92 Å². The van der Waals surface area contributed by atoms with E-state index in [1.165, 1.54) is 43.2 Å². The summed E-state index contributed by atoms with van der Waals surface area (Å²) in [5.41, 5.74) is 8.61. The summed E-state index contributed by atoms with van der Waals surface area (Å²) in [6.07, 6.45) is 6.99. The van der Waals surface area contributed by atoms with Gasteiger partial charge in [-0.1, -0.05) is 43.5 Å². The predicted molar refractivity (Wildman–Crippen MR) is 77.6 cm³/mol. The van der Waals surface area contributed by atoms with Crippen LogP contribution in [0, 0.1) is 0 Å². The van der Waals surface area contributed by atoms with Crippen molar-refractivity contribution in [2.24, 2.45) is 5.73 Å². The van der Waals surface area contributed by atoms with Crippen LogP contribution >= 0.6 is 0 Å². The van der Waals surface area contributed by atoms with E-state index in [9.17, 15) is 0 Å². The van der Waals surface area contributed by atoms with Crippen LogP contribution in [0.5, 0.6) is 0 Å². The molecule has 1 aromatic carbocycles. The van der Waals surface area contributed by atoms with Crippen LogP contribution in [0.3, 0.4) is 0 Å². The Hall–Kier alpha value is -0.860. The first-order chi connectivity index (χ1) is 8.75. The molecular formula is C16H26N2. The maximum absolute atomic E-state index is 5.72. The zero-order valence-corrected chi connectivity index (χ0v) is 11.5. The van der Waals surface area contributed by atoms with Gasteiger partial charge in [-0.05, 0) is 36.8 Å². The minimum absolute atomic E-state index is 0.228. The van der Waals surface area contributed by atoms with Crippen LogP contribution in [-0.2, 0) is 6.54 Å². The van der Waals surface area contributed by atoms with E-state index >= 15 is 0 Å². The van der Waals surface area contributed by atoms with Gasteiger partial charge >= 0.3 is 0 Å². The lowest BCUT2D eigenvalue weighted by atomic mass is 9.84. The molecule has 0 bridgehead atoms. The fourth-order valence-corrected chi connectivity index (χ4v) is 2.79. The molecule has 1 fully saturated rings. The molecule has 2 heteroatoms. The third-order valence-electron chi connectivity index (χ3n) is 3.85. The molecule has 1 aliphatic rings. The Labute approximate surface area is 111 Å². The van der Waals surface area contributed by atoms with Crippen molar-refractivity contribution >= 4 is 0 Å². The quantitative estimate of drug-likeness (QED) is 0.837. The van der Waals surface area contributed by atoms with Gasteiger partial charge in [-0.2, -0.15) is 0 Å². The SMILES string of the molecule is CC(N)CNCc1ccc(C2CCCCC2)cc1. The number of hydrogen-bond donors (Lipinski definition) is 2. The van der Waals surface area contributed by atoms with Crippen molar-refractivity contribution in [1.29, 1.82) is 0 Å². The van der Waals surface area contributed by atoms with Crippen LogP contribution in [-0.4, -0.2) is 12.6 Å². The van der Waals surface area contributed by atoms with Crippen LogP contribution in [0.1, 0.15) is 56.1 Å². The van der Waals surface area contributed by atoms with Crippen LogP contribution in [0.25, 0.3) is 0 Å². The summed E-state index contributed by atoms with van der Waals surface area (Å²) in [4.78, 5) is 0. The van der Waals surface area contributed by atoms with Gasteiger partial charge in [0.15, 0.2) is 0 Å². The third kappa shape index (κ3) is 4.11. The summed E-state index contributed by atoms with van der Waals surface area (Å²) in [6.45, 7) is 3.83. The van der Waals surface area contributed by atoms with Crippen molar-refractivity contribution in [1.82, 2.24) is 5.32 Å². The van der Waals surface area contributed by atoms with Gasteiger partial charge in [-0.25, -0.2) is 0 Å². The van der Waals surface area contributed by atoms with Crippen LogP contribution in [0.15, 0.2) is 24.3 Å². The van der Waals surface area contributed by atoms with E-state index in [2.05, 4.69) is 29.6 Å². The number of rotatable bonds is 5. The van der Waals surface area contributed by atoms with E-state index in [0.717, 1.165) is 19.0 Å². The summed E-state index contributed by atoms with van der Waals surface area (Å²) in [7, 11) is 0. The average molecular weight is 246 g/mol. The molecular weight excluding hydrogens is 220 g/mol. The molecule has 18 heavy (non-hydrogen) atoms. The lowest BCUT2D eigenvalue weighted by molar-refractivity contribution is 0.443. The van der Waals surface area contributed by atoms with Crippen LogP contribution in [0.2, 0.25) is 0 Å². The zero-order chi connectivity index (χ0) is 12.8. The lowest BCUT2D eigenvalue weighted by Gasteiger charge is -2.22. The molecule has 0 aliphatic heterocycles. The second-order valence-corrected chi connectivity index (χ2v) is 5.68. The molecule has 1 aromatic rings. The van der Waals surface area contributed by atoms with Gasteiger partial charge in [0.05, 0.1) is 0 Å².